The largest absolute Gasteiger partial charge is 0.461 e. The fourth-order valence-electron chi connectivity index (χ4n) is 0.439. The summed E-state index contributed by atoms with van der Waals surface area (Å²) in [4.78, 5) is 10.7. The van der Waals surface area contributed by atoms with Crippen molar-refractivity contribution in [3.8, 4) is 0 Å². The Labute approximate surface area is 80.7 Å². The van der Waals surface area contributed by atoms with E-state index in [4.69, 9.17) is 34.8 Å². The lowest BCUT2D eigenvalue weighted by molar-refractivity contribution is -0.143. The highest BCUT2D eigenvalue weighted by molar-refractivity contribution is 6.67. The molecular weight excluding hydrogens is 210 g/mol. The molecule has 0 unspecified atom stereocenters. The SMILES string of the molecule is CCCC(=O)OCC(Cl)(Cl)Cl. The van der Waals surface area contributed by atoms with Crippen LogP contribution in [0.1, 0.15) is 19.8 Å². The number of hydrogen-bond acceptors (Lipinski definition) is 2. The molecule has 0 radical (unpaired) electrons. The highest BCUT2D eigenvalue weighted by atomic mass is 35.6. The molecule has 0 heterocycles. The van der Waals surface area contributed by atoms with Crippen LogP contribution in [0.15, 0.2) is 0 Å². The predicted molar refractivity (Wildman–Crippen MR) is 46.2 cm³/mol. The maximum absolute atomic E-state index is 10.7. The fourth-order valence-corrected chi connectivity index (χ4v) is 0.602. The van der Waals surface area contributed by atoms with E-state index < -0.39 is 3.79 Å². The van der Waals surface area contributed by atoms with Crippen LogP contribution in [0.25, 0.3) is 0 Å². The number of halogens is 3. The monoisotopic (exact) mass is 218 g/mol. The van der Waals surface area contributed by atoms with Crippen LogP contribution in [0.4, 0.5) is 0 Å². The van der Waals surface area contributed by atoms with Crippen molar-refractivity contribution in [3.63, 3.8) is 0 Å². The molecule has 0 aromatic heterocycles. The topological polar surface area (TPSA) is 26.3 Å². The smallest absolute Gasteiger partial charge is 0.305 e. The fraction of sp³-hybridized carbons (Fsp3) is 0.833. The standard InChI is InChI=1S/C6H9Cl3O2/c1-2-3-5(10)11-4-6(7,8)9/h2-4H2,1H3. The number of rotatable bonds is 3. The van der Waals surface area contributed by atoms with Crippen molar-refractivity contribution < 1.29 is 9.53 Å². The van der Waals surface area contributed by atoms with Crippen LogP contribution in [-0.4, -0.2) is 16.4 Å². The van der Waals surface area contributed by atoms with E-state index in [9.17, 15) is 4.79 Å². The van der Waals surface area contributed by atoms with Gasteiger partial charge in [0.2, 0.25) is 3.79 Å². The van der Waals surface area contributed by atoms with Crippen molar-refractivity contribution in [2.24, 2.45) is 0 Å². The Bertz CT molecular complexity index is 130. The molecule has 0 fully saturated rings. The van der Waals surface area contributed by atoms with E-state index in [2.05, 4.69) is 4.74 Å². The first-order valence-corrected chi connectivity index (χ1v) is 4.31. The summed E-state index contributed by atoms with van der Waals surface area (Å²) in [5.74, 6) is -0.334. The van der Waals surface area contributed by atoms with E-state index in [-0.39, 0.29) is 12.6 Å². The third-order valence-electron chi connectivity index (χ3n) is 0.851. The third-order valence-corrected chi connectivity index (χ3v) is 1.18. The van der Waals surface area contributed by atoms with Crippen molar-refractivity contribution in [1.29, 1.82) is 0 Å². The highest BCUT2D eigenvalue weighted by Gasteiger charge is 2.21. The van der Waals surface area contributed by atoms with Gasteiger partial charge in [-0.25, -0.2) is 0 Å². The Morgan fingerprint density at radius 1 is 1.45 bits per heavy atom. The van der Waals surface area contributed by atoms with Crippen LogP contribution < -0.4 is 0 Å². The molecule has 0 amide bonds. The summed E-state index contributed by atoms with van der Waals surface area (Å²) < 4.78 is 3.12. The second-order valence-electron chi connectivity index (χ2n) is 2.03. The molecule has 0 saturated carbocycles. The molecule has 0 aromatic rings. The quantitative estimate of drug-likeness (QED) is 0.539. The second kappa shape index (κ2) is 5.07. The van der Waals surface area contributed by atoms with Gasteiger partial charge in [-0.15, -0.1) is 0 Å². The number of carbonyl (C=O) groups excluding carboxylic acids is 1. The van der Waals surface area contributed by atoms with Gasteiger partial charge < -0.3 is 4.74 Å². The summed E-state index contributed by atoms with van der Waals surface area (Å²) in [6, 6.07) is 0. The van der Waals surface area contributed by atoms with Gasteiger partial charge in [-0.2, -0.15) is 0 Å². The van der Waals surface area contributed by atoms with Gasteiger partial charge in [0.15, 0.2) is 0 Å². The number of alkyl halides is 3. The third kappa shape index (κ3) is 8.24. The molecule has 0 atom stereocenters. The molecule has 2 nitrogen and oxygen atoms in total. The first kappa shape index (κ1) is 11.3. The van der Waals surface area contributed by atoms with Crippen LogP contribution >= 0.6 is 34.8 Å². The molecule has 0 bridgehead atoms. The highest BCUT2D eigenvalue weighted by Crippen LogP contribution is 2.25. The normalized spacial score (nSPS) is 11.3. The Balaban J connectivity index is 3.46. The van der Waals surface area contributed by atoms with Crippen molar-refractivity contribution in [2.75, 3.05) is 6.61 Å². The predicted octanol–water partition coefficient (Wildman–Crippen LogP) is 2.70. The Morgan fingerprint density at radius 2 is 2.00 bits per heavy atom. The zero-order valence-corrected chi connectivity index (χ0v) is 8.34. The minimum absolute atomic E-state index is 0.184. The second-order valence-corrected chi connectivity index (χ2v) is 4.54. The van der Waals surface area contributed by atoms with Crippen LogP contribution in [0, 0.1) is 0 Å². The average molecular weight is 219 g/mol. The Hall–Kier alpha value is 0.340. The molecule has 0 aliphatic heterocycles. The van der Waals surface area contributed by atoms with Crippen LogP contribution in [0.2, 0.25) is 0 Å². The van der Waals surface area contributed by atoms with E-state index in [1.807, 2.05) is 6.92 Å². The van der Waals surface area contributed by atoms with Gasteiger partial charge in [0, 0.05) is 6.42 Å². The first-order valence-electron chi connectivity index (χ1n) is 3.18. The lowest BCUT2D eigenvalue weighted by Crippen LogP contribution is -2.16. The molecule has 0 spiro atoms. The lowest BCUT2D eigenvalue weighted by atomic mass is 10.3. The minimum atomic E-state index is -1.50. The van der Waals surface area contributed by atoms with Gasteiger partial charge in [-0.1, -0.05) is 41.7 Å². The molecule has 0 N–H and O–H groups in total. The Kier molecular flexibility index (Phi) is 5.23. The van der Waals surface area contributed by atoms with Gasteiger partial charge >= 0.3 is 5.97 Å². The van der Waals surface area contributed by atoms with E-state index in [0.717, 1.165) is 6.42 Å². The molecule has 0 saturated heterocycles. The maximum atomic E-state index is 10.7. The molecule has 0 aromatic carbocycles. The van der Waals surface area contributed by atoms with Crippen molar-refractivity contribution in [1.82, 2.24) is 0 Å². The van der Waals surface area contributed by atoms with Gasteiger partial charge in [-0.3, -0.25) is 4.79 Å². The zero-order valence-electron chi connectivity index (χ0n) is 6.07. The molecule has 66 valence electrons. The Morgan fingerprint density at radius 3 is 2.36 bits per heavy atom. The summed E-state index contributed by atoms with van der Waals surface area (Å²) in [7, 11) is 0. The molecule has 11 heavy (non-hydrogen) atoms. The van der Waals surface area contributed by atoms with E-state index >= 15 is 0 Å². The van der Waals surface area contributed by atoms with E-state index in [0.29, 0.717) is 6.42 Å². The average Bonchev–Trinajstić information content (AvgIpc) is 1.83. The first-order chi connectivity index (χ1) is 4.95. The minimum Gasteiger partial charge on any atom is -0.461 e. The van der Waals surface area contributed by atoms with Gasteiger partial charge in [-0.05, 0) is 6.42 Å². The molecule has 0 rings (SSSR count). The zero-order chi connectivity index (χ0) is 8.91. The van der Waals surface area contributed by atoms with Crippen LogP contribution in [-0.2, 0) is 9.53 Å². The maximum Gasteiger partial charge on any atom is 0.305 e. The summed E-state index contributed by atoms with van der Waals surface area (Å²) >= 11 is 16.0. The molecular formula is C6H9Cl3O2. The molecule has 0 aliphatic rings. The summed E-state index contributed by atoms with van der Waals surface area (Å²) in [5, 5.41) is 0. The van der Waals surface area contributed by atoms with Gasteiger partial charge in [0.25, 0.3) is 0 Å². The number of carbonyl (C=O) groups is 1. The molecule has 0 aliphatic carbocycles. The lowest BCUT2D eigenvalue weighted by Gasteiger charge is -2.10. The van der Waals surface area contributed by atoms with Crippen LogP contribution in [0.5, 0.6) is 0 Å². The number of esters is 1. The van der Waals surface area contributed by atoms with Crippen molar-refractivity contribution in [2.45, 2.75) is 23.6 Å². The van der Waals surface area contributed by atoms with E-state index in [1.165, 1.54) is 0 Å². The van der Waals surface area contributed by atoms with Crippen molar-refractivity contribution >= 4 is 40.8 Å². The van der Waals surface area contributed by atoms with E-state index in [1.54, 1.807) is 0 Å². The summed E-state index contributed by atoms with van der Waals surface area (Å²) in [6.07, 6.45) is 1.10. The molecule has 5 heteroatoms. The van der Waals surface area contributed by atoms with Gasteiger partial charge in [0.05, 0.1) is 0 Å². The van der Waals surface area contributed by atoms with Crippen molar-refractivity contribution in [3.05, 3.63) is 0 Å². The van der Waals surface area contributed by atoms with Gasteiger partial charge in [0.1, 0.15) is 6.61 Å². The number of ether oxygens (including phenoxy) is 1. The summed E-state index contributed by atoms with van der Waals surface area (Å²) in [6.45, 7) is 1.69. The summed E-state index contributed by atoms with van der Waals surface area (Å²) in [5.41, 5.74) is 0. The van der Waals surface area contributed by atoms with Crippen LogP contribution in [0.3, 0.4) is 0 Å². The number of hydrogen-bond donors (Lipinski definition) is 0.